The molecule has 0 fully saturated rings. The van der Waals surface area contributed by atoms with Gasteiger partial charge in [0, 0.05) is 32.7 Å². The Morgan fingerprint density at radius 2 is 1.18 bits per heavy atom. The van der Waals surface area contributed by atoms with Crippen molar-refractivity contribution < 1.29 is 32.7 Å². The summed E-state index contributed by atoms with van der Waals surface area (Å²) in [5, 5.41) is 0. The smallest absolute Gasteiger partial charge is 0 e. The number of hydrogen-bond acceptors (Lipinski definition) is 2. The topological polar surface area (TPSA) is 52.0 Å². The molecule has 2 aromatic carbocycles. The minimum atomic E-state index is 0. The van der Waals surface area contributed by atoms with Gasteiger partial charge in [-0.1, -0.05) is 25.2 Å². The van der Waals surface area contributed by atoms with Gasteiger partial charge in [-0.05, 0) is 0 Å². The van der Waals surface area contributed by atoms with E-state index in [0.29, 0.717) is 0 Å². The van der Waals surface area contributed by atoms with Crippen molar-refractivity contribution in [1.82, 2.24) is 0 Å². The predicted molar refractivity (Wildman–Crippen MR) is 68.9 cm³/mol. The SMILES string of the molecule is Cc1c[c-]ccc1N.Cc1c[c-]ccc1N.[Y]. The van der Waals surface area contributed by atoms with Crippen molar-refractivity contribution in [2.75, 3.05) is 11.5 Å². The molecule has 0 aliphatic rings. The molecule has 0 saturated carbocycles. The third-order valence-electron chi connectivity index (χ3n) is 2.23. The van der Waals surface area contributed by atoms with Crippen LogP contribution >= 0.6 is 0 Å². The molecule has 0 aromatic heterocycles. The summed E-state index contributed by atoms with van der Waals surface area (Å²) in [7, 11) is 0. The molecule has 0 heterocycles. The Morgan fingerprint density at radius 1 is 0.824 bits per heavy atom. The van der Waals surface area contributed by atoms with Crippen LogP contribution in [-0.2, 0) is 32.7 Å². The quantitative estimate of drug-likeness (QED) is 0.581. The molecule has 1 radical (unpaired) electrons. The summed E-state index contributed by atoms with van der Waals surface area (Å²) < 4.78 is 0. The molecule has 2 nitrogen and oxygen atoms in total. The number of anilines is 2. The number of aryl methyl sites for hydroxylation is 2. The molecule has 87 valence electrons. The van der Waals surface area contributed by atoms with E-state index in [-0.39, 0.29) is 32.7 Å². The minimum Gasteiger partial charge on any atom is -0.419 e. The number of nitrogen functional groups attached to an aromatic ring is 2. The van der Waals surface area contributed by atoms with Gasteiger partial charge in [-0.25, -0.2) is 0 Å². The van der Waals surface area contributed by atoms with Crippen LogP contribution in [0, 0.1) is 26.0 Å². The maximum Gasteiger partial charge on any atom is 0 e. The van der Waals surface area contributed by atoms with Gasteiger partial charge in [0.1, 0.15) is 0 Å². The van der Waals surface area contributed by atoms with E-state index in [0.717, 1.165) is 22.5 Å². The molecular formula is C14H16N2Y-2. The van der Waals surface area contributed by atoms with Crippen molar-refractivity contribution in [2.24, 2.45) is 0 Å². The number of rotatable bonds is 0. The molecule has 17 heavy (non-hydrogen) atoms. The van der Waals surface area contributed by atoms with Gasteiger partial charge in [0.2, 0.25) is 0 Å². The number of hydrogen-bond donors (Lipinski definition) is 2. The van der Waals surface area contributed by atoms with E-state index in [1.54, 1.807) is 0 Å². The summed E-state index contributed by atoms with van der Waals surface area (Å²) in [5.74, 6) is 0. The molecule has 2 aromatic rings. The third kappa shape index (κ3) is 5.85. The molecule has 0 saturated heterocycles. The zero-order chi connectivity index (χ0) is 12.0. The van der Waals surface area contributed by atoms with E-state index in [2.05, 4.69) is 12.1 Å². The second kappa shape index (κ2) is 8.27. The maximum absolute atomic E-state index is 5.50. The second-order valence-electron chi connectivity index (χ2n) is 3.57. The average molecular weight is 301 g/mol. The molecule has 0 spiro atoms. The van der Waals surface area contributed by atoms with Gasteiger partial charge >= 0.3 is 0 Å². The fraction of sp³-hybridized carbons (Fsp3) is 0.143. The van der Waals surface area contributed by atoms with Crippen LogP contribution in [0.4, 0.5) is 11.4 Å². The van der Waals surface area contributed by atoms with Crippen LogP contribution in [0.2, 0.25) is 0 Å². The van der Waals surface area contributed by atoms with Crippen LogP contribution in [0.3, 0.4) is 0 Å². The Labute approximate surface area is 128 Å². The Kier molecular flexibility index (Phi) is 7.85. The molecule has 0 aliphatic carbocycles. The Hall–Kier alpha value is -0.856. The molecule has 2 rings (SSSR count). The zero-order valence-electron chi connectivity index (χ0n) is 10.2. The molecular weight excluding hydrogens is 285 g/mol. The first-order chi connectivity index (χ1) is 7.61. The van der Waals surface area contributed by atoms with E-state index in [9.17, 15) is 0 Å². The first-order valence-electron chi connectivity index (χ1n) is 5.05. The molecule has 0 unspecified atom stereocenters. The molecule has 0 atom stereocenters. The first-order valence-corrected chi connectivity index (χ1v) is 5.05. The van der Waals surface area contributed by atoms with Crippen molar-refractivity contribution in [1.29, 1.82) is 0 Å². The molecule has 3 heteroatoms. The third-order valence-corrected chi connectivity index (χ3v) is 2.23. The van der Waals surface area contributed by atoms with Crippen molar-refractivity contribution >= 4 is 11.4 Å². The summed E-state index contributed by atoms with van der Waals surface area (Å²) >= 11 is 0. The summed E-state index contributed by atoms with van der Waals surface area (Å²) in [6, 6.07) is 16.9. The summed E-state index contributed by atoms with van der Waals surface area (Å²) in [6.45, 7) is 3.93. The largest absolute Gasteiger partial charge is 0.419 e. The minimum absolute atomic E-state index is 0. The van der Waals surface area contributed by atoms with E-state index < -0.39 is 0 Å². The Bertz CT molecular complexity index is 370. The van der Waals surface area contributed by atoms with Crippen LogP contribution in [-0.4, -0.2) is 0 Å². The van der Waals surface area contributed by atoms with Crippen molar-refractivity contribution in [3.05, 3.63) is 59.7 Å². The van der Waals surface area contributed by atoms with Gasteiger partial charge in [0.05, 0.1) is 0 Å². The standard InChI is InChI=1S/2C7H8N.Y/c2*1-6-4-2-3-5-7(6)8;/h2*3-5H,8H2,1H3;/q2*-1;. The van der Waals surface area contributed by atoms with Crippen molar-refractivity contribution in [3.63, 3.8) is 0 Å². The maximum atomic E-state index is 5.50. The van der Waals surface area contributed by atoms with Gasteiger partial charge in [0.25, 0.3) is 0 Å². The second-order valence-corrected chi connectivity index (χ2v) is 3.57. The number of nitrogens with two attached hydrogens (primary N) is 2. The molecule has 0 amide bonds. The Morgan fingerprint density at radius 3 is 1.35 bits per heavy atom. The monoisotopic (exact) mass is 301 g/mol. The van der Waals surface area contributed by atoms with Gasteiger partial charge in [0.15, 0.2) is 0 Å². The molecule has 0 bridgehead atoms. The fourth-order valence-electron chi connectivity index (χ4n) is 1.05. The molecule has 4 N–H and O–H groups in total. The van der Waals surface area contributed by atoms with Crippen LogP contribution in [0.15, 0.2) is 36.4 Å². The van der Waals surface area contributed by atoms with Crippen molar-refractivity contribution in [3.8, 4) is 0 Å². The van der Waals surface area contributed by atoms with Gasteiger partial charge < -0.3 is 11.5 Å². The summed E-state index contributed by atoms with van der Waals surface area (Å²) in [6.07, 6.45) is 0. The number of benzene rings is 2. The van der Waals surface area contributed by atoms with Crippen LogP contribution in [0.1, 0.15) is 11.1 Å². The van der Waals surface area contributed by atoms with Gasteiger partial charge in [-0.3, -0.25) is 0 Å². The van der Waals surface area contributed by atoms with E-state index >= 15 is 0 Å². The Balaban J connectivity index is 0.000000284. The summed E-state index contributed by atoms with van der Waals surface area (Å²) in [5.41, 5.74) is 14.9. The van der Waals surface area contributed by atoms with Crippen LogP contribution < -0.4 is 11.5 Å². The fourth-order valence-corrected chi connectivity index (χ4v) is 1.05. The normalized spacial score (nSPS) is 8.59. The average Bonchev–Trinajstić information content (AvgIpc) is 2.28. The van der Waals surface area contributed by atoms with Crippen LogP contribution in [0.25, 0.3) is 0 Å². The van der Waals surface area contributed by atoms with Gasteiger partial charge in [-0.2, -0.15) is 36.4 Å². The first kappa shape index (κ1) is 16.1. The predicted octanol–water partition coefficient (Wildman–Crippen LogP) is 2.75. The molecule has 0 aliphatic heterocycles. The summed E-state index contributed by atoms with van der Waals surface area (Å²) in [4.78, 5) is 0. The van der Waals surface area contributed by atoms with Gasteiger partial charge in [-0.15, -0.1) is 23.3 Å². The van der Waals surface area contributed by atoms with E-state index in [4.69, 9.17) is 11.5 Å². The van der Waals surface area contributed by atoms with Crippen molar-refractivity contribution in [2.45, 2.75) is 13.8 Å². The zero-order valence-corrected chi connectivity index (χ0v) is 13.0. The van der Waals surface area contributed by atoms with Crippen LogP contribution in [0.5, 0.6) is 0 Å². The van der Waals surface area contributed by atoms with E-state index in [1.165, 1.54) is 0 Å². The van der Waals surface area contributed by atoms with E-state index in [1.807, 2.05) is 50.2 Å².